The third-order valence-corrected chi connectivity index (χ3v) is 2.54. The Labute approximate surface area is 96.7 Å². The number of hydrogen-bond acceptors (Lipinski definition) is 2. The molecule has 0 spiro atoms. The van der Waals surface area contributed by atoms with Crippen molar-refractivity contribution in [2.24, 2.45) is 0 Å². The molecule has 0 unspecified atom stereocenters. The summed E-state index contributed by atoms with van der Waals surface area (Å²) in [5.74, 6) is -0.0199. The number of aryl methyl sites for hydroxylation is 1. The Kier molecular flexibility index (Phi) is 4.90. The summed E-state index contributed by atoms with van der Waals surface area (Å²) in [4.78, 5) is 23.1. The van der Waals surface area contributed by atoms with Crippen molar-refractivity contribution in [3.05, 3.63) is 35.4 Å². The van der Waals surface area contributed by atoms with Crippen LogP contribution in [0.15, 0.2) is 24.3 Å². The molecule has 2 nitrogen and oxygen atoms in total. The lowest BCUT2D eigenvalue weighted by Gasteiger charge is -2.01. The van der Waals surface area contributed by atoms with Gasteiger partial charge in [-0.15, -0.1) is 0 Å². The standard InChI is InChI=1S/C14H18O2/c1-3-4-5-13(15)10-14(16)12-8-6-11(2)7-9-12/h6-9H,3-5,10H2,1-2H3. The Hall–Kier alpha value is -1.44. The second-order valence-electron chi connectivity index (χ2n) is 4.11. The van der Waals surface area contributed by atoms with Crippen molar-refractivity contribution in [1.82, 2.24) is 0 Å². The molecule has 0 amide bonds. The van der Waals surface area contributed by atoms with Crippen molar-refractivity contribution in [3.63, 3.8) is 0 Å². The molecule has 0 saturated carbocycles. The lowest BCUT2D eigenvalue weighted by atomic mass is 10.0. The fourth-order valence-corrected chi connectivity index (χ4v) is 1.48. The van der Waals surface area contributed by atoms with Crippen LogP contribution in [0.1, 0.15) is 48.5 Å². The first-order chi connectivity index (χ1) is 7.63. The number of carbonyl (C=O) groups is 2. The Balaban J connectivity index is 2.52. The highest BCUT2D eigenvalue weighted by molar-refractivity contribution is 6.07. The molecule has 0 aromatic heterocycles. The van der Waals surface area contributed by atoms with E-state index in [-0.39, 0.29) is 18.0 Å². The van der Waals surface area contributed by atoms with Gasteiger partial charge >= 0.3 is 0 Å². The lowest BCUT2D eigenvalue weighted by molar-refractivity contribution is -0.118. The summed E-state index contributed by atoms with van der Waals surface area (Å²) in [5.41, 5.74) is 1.75. The van der Waals surface area contributed by atoms with Crippen molar-refractivity contribution in [3.8, 4) is 0 Å². The largest absolute Gasteiger partial charge is 0.299 e. The zero-order chi connectivity index (χ0) is 12.0. The molecule has 0 N–H and O–H groups in total. The molecule has 0 atom stereocenters. The molecule has 1 rings (SSSR count). The van der Waals surface area contributed by atoms with Gasteiger partial charge in [0.05, 0.1) is 6.42 Å². The zero-order valence-corrected chi connectivity index (χ0v) is 9.95. The monoisotopic (exact) mass is 218 g/mol. The number of carbonyl (C=O) groups excluding carboxylic acids is 2. The maximum Gasteiger partial charge on any atom is 0.170 e. The molecule has 0 saturated heterocycles. The normalized spacial score (nSPS) is 10.1. The van der Waals surface area contributed by atoms with E-state index in [0.717, 1.165) is 18.4 Å². The fraction of sp³-hybridized carbons (Fsp3) is 0.429. The van der Waals surface area contributed by atoms with Crippen LogP contribution in [-0.2, 0) is 4.79 Å². The van der Waals surface area contributed by atoms with Gasteiger partial charge in [0.25, 0.3) is 0 Å². The molecule has 1 aromatic carbocycles. The van der Waals surface area contributed by atoms with Crippen molar-refractivity contribution in [2.45, 2.75) is 39.5 Å². The summed E-state index contributed by atoms with van der Waals surface area (Å²) in [5, 5.41) is 0. The maximum atomic E-state index is 11.7. The van der Waals surface area contributed by atoms with Crippen LogP contribution in [0.5, 0.6) is 0 Å². The highest BCUT2D eigenvalue weighted by atomic mass is 16.1. The molecule has 0 aliphatic carbocycles. The molecule has 86 valence electrons. The van der Waals surface area contributed by atoms with Gasteiger partial charge in [-0.2, -0.15) is 0 Å². The van der Waals surface area contributed by atoms with E-state index in [0.29, 0.717) is 12.0 Å². The van der Waals surface area contributed by atoms with Gasteiger partial charge < -0.3 is 0 Å². The summed E-state index contributed by atoms with van der Waals surface area (Å²) in [6.45, 7) is 4.01. The van der Waals surface area contributed by atoms with Gasteiger partial charge in [-0.05, 0) is 13.3 Å². The Bertz CT molecular complexity index is 363. The average Bonchev–Trinajstić information content (AvgIpc) is 2.27. The third kappa shape index (κ3) is 3.97. The van der Waals surface area contributed by atoms with E-state index in [2.05, 4.69) is 0 Å². The van der Waals surface area contributed by atoms with Crippen molar-refractivity contribution in [1.29, 1.82) is 0 Å². The number of benzene rings is 1. The van der Waals surface area contributed by atoms with E-state index in [1.165, 1.54) is 0 Å². The minimum Gasteiger partial charge on any atom is -0.299 e. The van der Waals surface area contributed by atoms with Crippen LogP contribution in [0.25, 0.3) is 0 Å². The molecule has 1 aromatic rings. The maximum absolute atomic E-state index is 11.7. The first-order valence-electron chi connectivity index (χ1n) is 5.75. The second kappa shape index (κ2) is 6.21. The van der Waals surface area contributed by atoms with Gasteiger partial charge in [0.1, 0.15) is 5.78 Å². The summed E-state index contributed by atoms with van der Waals surface area (Å²) < 4.78 is 0. The number of rotatable bonds is 6. The number of ketones is 2. The molecule has 2 heteroatoms. The quantitative estimate of drug-likeness (QED) is 0.542. The smallest absolute Gasteiger partial charge is 0.170 e. The van der Waals surface area contributed by atoms with Crippen LogP contribution >= 0.6 is 0 Å². The first kappa shape index (κ1) is 12.6. The molecular formula is C14H18O2. The zero-order valence-electron chi connectivity index (χ0n) is 9.95. The molecular weight excluding hydrogens is 200 g/mol. The van der Waals surface area contributed by atoms with Gasteiger partial charge in [0.2, 0.25) is 0 Å². The van der Waals surface area contributed by atoms with Crippen LogP contribution in [0, 0.1) is 6.92 Å². The van der Waals surface area contributed by atoms with Crippen LogP contribution in [0.2, 0.25) is 0 Å². The Morgan fingerprint density at radius 1 is 1.12 bits per heavy atom. The number of hydrogen-bond donors (Lipinski definition) is 0. The van der Waals surface area contributed by atoms with E-state index in [9.17, 15) is 9.59 Å². The predicted octanol–water partition coefficient (Wildman–Crippen LogP) is 3.33. The second-order valence-corrected chi connectivity index (χ2v) is 4.11. The molecule has 0 fully saturated rings. The Morgan fingerprint density at radius 3 is 2.31 bits per heavy atom. The van der Waals surface area contributed by atoms with E-state index >= 15 is 0 Å². The topological polar surface area (TPSA) is 34.1 Å². The van der Waals surface area contributed by atoms with Crippen LogP contribution in [0.3, 0.4) is 0 Å². The summed E-state index contributed by atoms with van der Waals surface area (Å²) in [6, 6.07) is 7.35. The molecule has 0 heterocycles. The van der Waals surface area contributed by atoms with Crippen LogP contribution in [-0.4, -0.2) is 11.6 Å². The van der Waals surface area contributed by atoms with E-state index in [1.54, 1.807) is 12.1 Å². The van der Waals surface area contributed by atoms with Crippen molar-refractivity contribution >= 4 is 11.6 Å². The highest BCUT2D eigenvalue weighted by Gasteiger charge is 2.10. The van der Waals surface area contributed by atoms with Gasteiger partial charge in [-0.3, -0.25) is 9.59 Å². The number of unbranched alkanes of at least 4 members (excludes halogenated alkanes) is 1. The van der Waals surface area contributed by atoms with Gasteiger partial charge in [0.15, 0.2) is 5.78 Å². The molecule has 0 radical (unpaired) electrons. The molecule has 0 aliphatic rings. The van der Waals surface area contributed by atoms with Crippen molar-refractivity contribution in [2.75, 3.05) is 0 Å². The summed E-state index contributed by atoms with van der Waals surface area (Å²) in [6.07, 6.45) is 2.43. The van der Waals surface area contributed by atoms with E-state index in [4.69, 9.17) is 0 Å². The van der Waals surface area contributed by atoms with Gasteiger partial charge in [0, 0.05) is 12.0 Å². The van der Waals surface area contributed by atoms with Crippen LogP contribution in [0.4, 0.5) is 0 Å². The SMILES string of the molecule is CCCCC(=O)CC(=O)c1ccc(C)cc1. The fourth-order valence-electron chi connectivity index (χ4n) is 1.48. The van der Waals surface area contributed by atoms with Crippen molar-refractivity contribution < 1.29 is 9.59 Å². The third-order valence-electron chi connectivity index (χ3n) is 2.54. The Morgan fingerprint density at radius 2 is 1.75 bits per heavy atom. The first-order valence-corrected chi connectivity index (χ1v) is 5.75. The molecule has 16 heavy (non-hydrogen) atoms. The van der Waals surface area contributed by atoms with Gasteiger partial charge in [-0.25, -0.2) is 0 Å². The van der Waals surface area contributed by atoms with Crippen LogP contribution < -0.4 is 0 Å². The van der Waals surface area contributed by atoms with E-state index < -0.39 is 0 Å². The van der Waals surface area contributed by atoms with E-state index in [1.807, 2.05) is 26.0 Å². The minimum atomic E-state index is -0.0684. The molecule has 0 bridgehead atoms. The van der Waals surface area contributed by atoms with Gasteiger partial charge in [-0.1, -0.05) is 43.2 Å². The molecule has 0 aliphatic heterocycles. The minimum absolute atomic E-state index is 0.0447. The highest BCUT2D eigenvalue weighted by Crippen LogP contribution is 2.08. The predicted molar refractivity (Wildman–Crippen MR) is 64.7 cm³/mol. The lowest BCUT2D eigenvalue weighted by Crippen LogP contribution is -2.07. The number of Topliss-reactive ketones (excluding diaryl/α,β-unsaturated/α-hetero) is 2. The summed E-state index contributed by atoms with van der Waals surface area (Å²) in [7, 11) is 0. The summed E-state index contributed by atoms with van der Waals surface area (Å²) >= 11 is 0. The average molecular weight is 218 g/mol.